The number of carbonyl (C=O) groups excluding carboxylic acids is 2. The molecule has 10 nitrogen and oxygen atoms in total. The molecule has 214 valence electrons. The summed E-state index contributed by atoms with van der Waals surface area (Å²) in [6.07, 6.45) is 3.13. The van der Waals surface area contributed by atoms with Gasteiger partial charge >= 0.3 is 6.18 Å². The minimum absolute atomic E-state index is 0.0577. The number of hydrogen-bond donors (Lipinski definition) is 2. The van der Waals surface area contributed by atoms with E-state index in [1.807, 2.05) is 0 Å². The van der Waals surface area contributed by atoms with Crippen LogP contribution in [0.3, 0.4) is 0 Å². The number of nitrogens with one attached hydrogen (secondary N) is 1. The molecule has 1 saturated carbocycles. The fourth-order valence-electron chi connectivity index (χ4n) is 5.05. The number of aromatic nitrogens is 4. The Morgan fingerprint density at radius 2 is 1.98 bits per heavy atom. The van der Waals surface area contributed by atoms with Crippen LogP contribution in [0.1, 0.15) is 42.4 Å². The third-order valence-corrected chi connectivity index (χ3v) is 7.32. The van der Waals surface area contributed by atoms with E-state index in [1.54, 1.807) is 15.5 Å². The molecule has 4 heterocycles. The highest BCUT2D eigenvalue weighted by atomic mass is 19.4. The third-order valence-electron chi connectivity index (χ3n) is 7.32. The van der Waals surface area contributed by atoms with E-state index in [-0.39, 0.29) is 41.1 Å². The Morgan fingerprint density at radius 1 is 1.17 bits per heavy atom. The van der Waals surface area contributed by atoms with Crippen molar-refractivity contribution in [2.75, 3.05) is 30.7 Å². The van der Waals surface area contributed by atoms with Crippen molar-refractivity contribution >= 4 is 34.5 Å². The highest BCUT2D eigenvalue weighted by molar-refractivity contribution is 5.95. The largest absolute Gasteiger partial charge is 0.416 e. The zero-order chi connectivity index (χ0) is 28.9. The second kappa shape index (κ2) is 10.3. The summed E-state index contributed by atoms with van der Waals surface area (Å²) in [6, 6.07) is 1.50. The lowest BCUT2D eigenvalue weighted by atomic mass is 9.93. The molecule has 6 rings (SSSR count). The maximum atomic E-state index is 15.6. The number of fused-ring (bicyclic) bond motifs is 1. The van der Waals surface area contributed by atoms with Gasteiger partial charge in [0.25, 0.3) is 0 Å². The number of halogens is 4. The van der Waals surface area contributed by atoms with Crippen LogP contribution in [0.15, 0.2) is 48.7 Å². The SMILES string of the molecule is Nc1nccn2c([C@H]3CN(C(=O)C4CC4)CCO3)nc(C3=C(F)CC(C(=O)Nc4cc(C(F)(F)F)ccn4)C=C3)c12. The molecular formula is C27H25F4N7O3. The number of anilines is 2. The lowest BCUT2D eigenvalue weighted by molar-refractivity contribution is -0.140. The molecule has 0 bridgehead atoms. The lowest BCUT2D eigenvalue weighted by Crippen LogP contribution is -2.43. The maximum absolute atomic E-state index is 15.6. The molecule has 3 N–H and O–H groups in total. The van der Waals surface area contributed by atoms with Gasteiger partial charge in [0.2, 0.25) is 11.8 Å². The van der Waals surface area contributed by atoms with Crippen molar-refractivity contribution < 1.29 is 31.9 Å². The number of pyridine rings is 1. The average molecular weight is 572 g/mol. The maximum Gasteiger partial charge on any atom is 0.416 e. The first-order chi connectivity index (χ1) is 19.6. The summed E-state index contributed by atoms with van der Waals surface area (Å²) in [6.45, 7) is 1.09. The standard InChI is InChI=1S/C27H25F4N7O3/c28-18-11-15(25(39)35-20-12-16(5-6-33-20)27(29,30)31)3-4-17(18)21-22-23(32)34-7-8-38(22)24(36-21)19-13-37(9-10-41-19)26(40)14-1-2-14/h3-8,12,14-15,19H,1-2,9-11,13H2,(H2,32,34)(H,33,35,39)/t15?,19-/m1/s1. The Labute approximate surface area is 230 Å². The van der Waals surface area contributed by atoms with Gasteiger partial charge in [-0.15, -0.1) is 0 Å². The van der Waals surface area contributed by atoms with Crippen LogP contribution in [0.5, 0.6) is 0 Å². The second-order valence-corrected chi connectivity index (χ2v) is 10.2. The smallest absolute Gasteiger partial charge is 0.382 e. The summed E-state index contributed by atoms with van der Waals surface area (Å²) in [4.78, 5) is 39.8. The number of nitrogen functional groups attached to an aromatic ring is 1. The fourth-order valence-corrected chi connectivity index (χ4v) is 5.05. The molecular weight excluding hydrogens is 546 g/mol. The minimum atomic E-state index is -4.60. The number of alkyl halides is 3. The van der Waals surface area contributed by atoms with E-state index in [0.717, 1.165) is 25.1 Å². The van der Waals surface area contributed by atoms with Gasteiger partial charge in [0, 0.05) is 43.0 Å². The summed E-state index contributed by atoms with van der Waals surface area (Å²) < 4.78 is 62.2. The summed E-state index contributed by atoms with van der Waals surface area (Å²) in [5, 5.41) is 2.32. The Bertz CT molecular complexity index is 1600. The Balaban J connectivity index is 1.25. The van der Waals surface area contributed by atoms with Crippen LogP contribution >= 0.6 is 0 Å². The Kier molecular flexibility index (Phi) is 6.72. The molecule has 0 spiro atoms. The molecule has 3 aromatic heterocycles. The van der Waals surface area contributed by atoms with E-state index >= 15 is 4.39 Å². The van der Waals surface area contributed by atoms with E-state index in [0.29, 0.717) is 37.1 Å². The van der Waals surface area contributed by atoms with E-state index in [1.165, 1.54) is 18.3 Å². The zero-order valence-corrected chi connectivity index (χ0v) is 21.6. The first-order valence-electron chi connectivity index (χ1n) is 13.0. The highest BCUT2D eigenvalue weighted by Gasteiger charge is 2.38. The highest BCUT2D eigenvalue weighted by Crippen LogP contribution is 2.38. The van der Waals surface area contributed by atoms with Gasteiger partial charge in [-0.3, -0.25) is 14.0 Å². The van der Waals surface area contributed by atoms with Gasteiger partial charge in [-0.05, 0) is 25.0 Å². The van der Waals surface area contributed by atoms with Crippen molar-refractivity contribution in [2.45, 2.75) is 31.5 Å². The van der Waals surface area contributed by atoms with Crippen LogP contribution in [0.4, 0.5) is 29.2 Å². The molecule has 0 aromatic carbocycles. The molecule has 14 heteroatoms. The van der Waals surface area contributed by atoms with Crippen molar-refractivity contribution in [1.82, 2.24) is 24.3 Å². The van der Waals surface area contributed by atoms with Gasteiger partial charge in [-0.1, -0.05) is 12.2 Å². The van der Waals surface area contributed by atoms with E-state index < -0.39 is 35.5 Å². The first-order valence-corrected chi connectivity index (χ1v) is 13.0. The Hall–Kier alpha value is -4.33. The zero-order valence-electron chi connectivity index (χ0n) is 21.6. The number of nitrogens with two attached hydrogens (primary N) is 1. The second-order valence-electron chi connectivity index (χ2n) is 10.2. The average Bonchev–Trinajstić information content (AvgIpc) is 3.73. The minimum Gasteiger partial charge on any atom is -0.382 e. The topological polar surface area (TPSA) is 128 Å². The normalized spacial score (nSPS) is 21.4. The predicted molar refractivity (Wildman–Crippen MR) is 139 cm³/mol. The molecule has 2 aliphatic carbocycles. The molecule has 2 amide bonds. The number of imidazole rings is 1. The van der Waals surface area contributed by atoms with Gasteiger partial charge in [0.15, 0.2) is 0 Å². The first kappa shape index (κ1) is 26.9. The van der Waals surface area contributed by atoms with Crippen molar-refractivity contribution in [3.8, 4) is 0 Å². The molecule has 41 heavy (non-hydrogen) atoms. The quantitative estimate of drug-likeness (QED) is 0.444. The number of nitrogens with zero attached hydrogens (tertiary/aromatic N) is 5. The monoisotopic (exact) mass is 571 g/mol. The van der Waals surface area contributed by atoms with Crippen LogP contribution in [0.2, 0.25) is 0 Å². The molecule has 1 unspecified atom stereocenters. The van der Waals surface area contributed by atoms with Gasteiger partial charge in [-0.2, -0.15) is 13.2 Å². The molecule has 1 saturated heterocycles. The number of allylic oxidation sites excluding steroid dienone is 3. The molecule has 1 aliphatic heterocycles. The van der Waals surface area contributed by atoms with Gasteiger partial charge in [-0.25, -0.2) is 19.3 Å². The number of rotatable bonds is 5. The molecule has 0 radical (unpaired) electrons. The predicted octanol–water partition coefficient (Wildman–Crippen LogP) is 3.93. The molecule has 2 atom stereocenters. The van der Waals surface area contributed by atoms with Crippen LogP contribution in [-0.2, 0) is 20.5 Å². The van der Waals surface area contributed by atoms with E-state index in [9.17, 15) is 22.8 Å². The number of carbonyl (C=O) groups is 2. The summed E-state index contributed by atoms with van der Waals surface area (Å²) in [7, 11) is 0. The van der Waals surface area contributed by atoms with Crippen molar-refractivity contribution in [1.29, 1.82) is 0 Å². The lowest BCUT2D eigenvalue weighted by Gasteiger charge is -2.32. The Morgan fingerprint density at radius 3 is 2.71 bits per heavy atom. The van der Waals surface area contributed by atoms with Crippen molar-refractivity contribution in [2.24, 2.45) is 11.8 Å². The molecule has 3 aliphatic rings. The van der Waals surface area contributed by atoms with Crippen LogP contribution in [0, 0.1) is 11.8 Å². The summed E-state index contributed by atoms with van der Waals surface area (Å²) >= 11 is 0. The summed E-state index contributed by atoms with van der Waals surface area (Å²) in [5.41, 5.74) is 5.86. The number of ether oxygens (including phenoxy) is 1. The molecule has 3 aromatic rings. The van der Waals surface area contributed by atoms with Gasteiger partial charge in [0.1, 0.15) is 40.6 Å². The number of morpholine rings is 1. The van der Waals surface area contributed by atoms with E-state index in [2.05, 4.69) is 20.3 Å². The number of hydrogen-bond acceptors (Lipinski definition) is 7. The summed E-state index contributed by atoms with van der Waals surface area (Å²) in [5.74, 6) is -1.98. The molecule has 2 fully saturated rings. The van der Waals surface area contributed by atoms with Gasteiger partial charge < -0.3 is 20.7 Å². The van der Waals surface area contributed by atoms with Crippen LogP contribution in [-0.4, -0.2) is 55.8 Å². The van der Waals surface area contributed by atoms with Crippen molar-refractivity contribution in [3.63, 3.8) is 0 Å². The van der Waals surface area contributed by atoms with E-state index in [4.69, 9.17) is 10.5 Å². The fraction of sp³-hybridized carbons (Fsp3) is 0.370. The van der Waals surface area contributed by atoms with Crippen LogP contribution in [0.25, 0.3) is 11.1 Å². The van der Waals surface area contributed by atoms with Crippen LogP contribution < -0.4 is 11.1 Å². The third kappa shape index (κ3) is 5.26. The van der Waals surface area contributed by atoms with Gasteiger partial charge in [0.05, 0.1) is 24.6 Å². The van der Waals surface area contributed by atoms with Crippen molar-refractivity contribution in [3.05, 3.63) is 65.8 Å². The number of amides is 2.